The van der Waals surface area contributed by atoms with Gasteiger partial charge >= 0.3 is 6.03 Å². The number of nitrogens with one attached hydrogen (secondary N) is 2. The smallest absolute Gasteiger partial charge is 0.325 e. The molecule has 4 rings (SSSR count). The van der Waals surface area contributed by atoms with E-state index in [1.807, 2.05) is 11.0 Å². The lowest BCUT2D eigenvalue weighted by Crippen LogP contribution is -2.43. The van der Waals surface area contributed by atoms with E-state index in [0.717, 1.165) is 36.4 Å². The molecule has 9 heteroatoms. The van der Waals surface area contributed by atoms with Crippen molar-refractivity contribution >= 4 is 23.8 Å². The summed E-state index contributed by atoms with van der Waals surface area (Å²) in [6, 6.07) is 13.3. The first-order valence-corrected chi connectivity index (χ1v) is 11.3. The van der Waals surface area contributed by atoms with Gasteiger partial charge in [-0.2, -0.15) is 0 Å². The van der Waals surface area contributed by atoms with Crippen LogP contribution < -0.4 is 15.4 Å². The van der Waals surface area contributed by atoms with Gasteiger partial charge in [0.1, 0.15) is 17.8 Å². The molecule has 0 aliphatic carbocycles. The molecule has 2 aliphatic heterocycles. The summed E-state index contributed by atoms with van der Waals surface area (Å²) in [6.45, 7) is 2.92. The number of carbonyl (C=O) groups excluding carboxylic acids is 4. The van der Waals surface area contributed by atoms with Crippen molar-refractivity contribution in [3.05, 3.63) is 65.2 Å². The lowest BCUT2D eigenvalue weighted by Gasteiger charge is -2.22. The Labute approximate surface area is 198 Å². The van der Waals surface area contributed by atoms with E-state index < -0.39 is 29.9 Å². The van der Waals surface area contributed by atoms with Gasteiger partial charge in [-0.1, -0.05) is 24.3 Å². The number of urea groups is 1. The van der Waals surface area contributed by atoms with Crippen molar-refractivity contribution in [3.63, 3.8) is 0 Å². The second-order valence-corrected chi connectivity index (χ2v) is 8.65. The standard InChI is InChI=1S/C25H28N4O5/c1-25(19-8-10-20(34-2)11-9-19)23(32)29(24(33)27-25)16-21(30)26-15-17-6-5-7-18(14-17)22(31)28-12-3-4-13-28/h5-11,14H,3-4,12-13,15-16H2,1-2H3,(H,26,30)(H,27,33). The minimum atomic E-state index is -1.27. The molecule has 2 saturated heterocycles. The highest BCUT2D eigenvalue weighted by molar-refractivity contribution is 6.09. The number of benzene rings is 2. The number of carbonyl (C=O) groups is 4. The Balaban J connectivity index is 1.36. The van der Waals surface area contributed by atoms with Crippen LogP contribution in [0, 0.1) is 0 Å². The minimum absolute atomic E-state index is 0.0113. The van der Waals surface area contributed by atoms with Crippen LogP contribution in [0.1, 0.15) is 41.3 Å². The fourth-order valence-electron chi connectivity index (χ4n) is 4.28. The van der Waals surface area contributed by atoms with Crippen LogP contribution in [0.2, 0.25) is 0 Å². The first-order valence-electron chi connectivity index (χ1n) is 11.3. The van der Waals surface area contributed by atoms with Gasteiger partial charge < -0.3 is 20.3 Å². The Morgan fingerprint density at radius 2 is 1.79 bits per heavy atom. The van der Waals surface area contributed by atoms with Crippen molar-refractivity contribution in [2.75, 3.05) is 26.7 Å². The maximum Gasteiger partial charge on any atom is 0.325 e. The lowest BCUT2D eigenvalue weighted by molar-refractivity contribution is -0.134. The molecule has 9 nitrogen and oxygen atoms in total. The lowest BCUT2D eigenvalue weighted by atomic mass is 9.92. The fourth-order valence-corrected chi connectivity index (χ4v) is 4.28. The zero-order valence-electron chi connectivity index (χ0n) is 19.3. The molecule has 2 aliphatic rings. The Hall–Kier alpha value is -3.88. The van der Waals surface area contributed by atoms with Crippen LogP contribution in [0.3, 0.4) is 0 Å². The number of likely N-dealkylation sites (tertiary alicyclic amines) is 1. The number of ether oxygens (including phenoxy) is 1. The summed E-state index contributed by atoms with van der Waals surface area (Å²) in [5.74, 6) is -0.357. The summed E-state index contributed by atoms with van der Waals surface area (Å²) in [7, 11) is 1.54. The molecule has 1 atom stereocenters. The van der Waals surface area contributed by atoms with Crippen LogP contribution in [0.15, 0.2) is 48.5 Å². The molecule has 34 heavy (non-hydrogen) atoms. The molecule has 1 unspecified atom stereocenters. The number of nitrogens with zero attached hydrogens (tertiary/aromatic N) is 2. The number of methoxy groups -OCH3 is 1. The average molecular weight is 465 g/mol. The molecule has 0 radical (unpaired) electrons. The highest BCUT2D eigenvalue weighted by Gasteiger charge is 2.49. The van der Waals surface area contributed by atoms with Gasteiger partial charge in [0.2, 0.25) is 5.91 Å². The number of imide groups is 1. The van der Waals surface area contributed by atoms with Crippen LogP contribution in [0.25, 0.3) is 0 Å². The zero-order valence-corrected chi connectivity index (χ0v) is 19.3. The van der Waals surface area contributed by atoms with Gasteiger partial charge in [0, 0.05) is 25.2 Å². The molecule has 0 spiro atoms. The van der Waals surface area contributed by atoms with E-state index in [9.17, 15) is 19.2 Å². The largest absolute Gasteiger partial charge is 0.497 e. The summed E-state index contributed by atoms with van der Waals surface area (Å²) in [4.78, 5) is 53.4. The molecule has 2 heterocycles. The molecule has 2 N–H and O–H groups in total. The highest BCUT2D eigenvalue weighted by Crippen LogP contribution is 2.29. The van der Waals surface area contributed by atoms with Crippen molar-refractivity contribution in [3.8, 4) is 5.75 Å². The van der Waals surface area contributed by atoms with E-state index in [2.05, 4.69) is 10.6 Å². The second kappa shape index (κ2) is 9.54. The molecule has 2 aromatic rings. The number of hydrogen-bond acceptors (Lipinski definition) is 5. The maximum absolute atomic E-state index is 13.0. The van der Waals surface area contributed by atoms with E-state index in [-0.39, 0.29) is 12.5 Å². The number of hydrogen-bond donors (Lipinski definition) is 2. The highest BCUT2D eigenvalue weighted by atomic mass is 16.5. The Morgan fingerprint density at radius 1 is 1.09 bits per heavy atom. The Morgan fingerprint density at radius 3 is 2.47 bits per heavy atom. The zero-order chi connectivity index (χ0) is 24.3. The molecule has 5 amide bonds. The van der Waals surface area contributed by atoms with Crippen LogP contribution in [0.5, 0.6) is 5.75 Å². The van der Waals surface area contributed by atoms with Gasteiger partial charge in [0.15, 0.2) is 0 Å². The molecular formula is C25H28N4O5. The first kappa shape index (κ1) is 23.3. The van der Waals surface area contributed by atoms with Gasteiger partial charge in [0.25, 0.3) is 11.8 Å². The summed E-state index contributed by atoms with van der Waals surface area (Å²) in [5.41, 5.74) is 0.666. The van der Waals surface area contributed by atoms with E-state index in [0.29, 0.717) is 16.9 Å². The van der Waals surface area contributed by atoms with E-state index in [1.165, 1.54) is 0 Å². The minimum Gasteiger partial charge on any atom is -0.497 e. The molecule has 0 saturated carbocycles. The van der Waals surface area contributed by atoms with Crippen molar-refractivity contribution in [2.45, 2.75) is 31.8 Å². The first-order chi connectivity index (χ1) is 16.3. The summed E-state index contributed by atoms with van der Waals surface area (Å²) in [5, 5.41) is 5.41. The van der Waals surface area contributed by atoms with Gasteiger partial charge in [-0.25, -0.2) is 4.79 Å². The Kier molecular flexibility index (Phi) is 6.54. The van der Waals surface area contributed by atoms with Crippen molar-refractivity contribution < 1.29 is 23.9 Å². The third kappa shape index (κ3) is 4.59. The monoisotopic (exact) mass is 464 g/mol. The third-order valence-electron chi connectivity index (χ3n) is 6.30. The molecule has 2 aromatic carbocycles. The van der Waals surface area contributed by atoms with Crippen LogP contribution >= 0.6 is 0 Å². The molecule has 0 aromatic heterocycles. The predicted octanol–water partition coefficient (Wildman–Crippen LogP) is 2.01. The molecule has 0 bridgehead atoms. The number of amides is 5. The quantitative estimate of drug-likeness (QED) is 0.610. The molecule has 178 valence electrons. The van der Waals surface area contributed by atoms with Crippen molar-refractivity contribution in [1.29, 1.82) is 0 Å². The van der Waals surface area contributed by atoms with Crippen LogP contribution in [-0.2, 0) is 21.7 Å². The van der Waals surface area contributed by atoms with Crippen molar-refractivity contribution in [1.82, 2.24) is 20.4 Å². The van der Waals surface area contributed by atoms with Gasteiger partial charge in [-0.3, -0.25) is 19.3 Å². The van der Waals surface area contributed by atoms with Gasteiger partial charge in [-0.05, 0) is 55.2 Å². The maximum atomic E-state index is 13.0. The summed E-state index contributed by atoms with van der Waals surface area (Å²) < 4.78 is 5.14. The molecular weight excluding hydrogens is 436 g/mol. The normalized spacial score (nSPS) is 19.8. The van der Waals surface area contributed by atoms with E-state index >= 15 is 0 Å². The van der Waals surface area contributed by atoms with Gasteiger partial charge in [-0.15, -0.1) is 0 Å². The van der Waals surface area contributed by atoms with Crippen molar-refractivity contribution in [2.24, 2.45) is 0 Å². The predicted molar refractivity (Wildman–Crippen MR) is 124 cm³/mol. The van der Waals surface area contributed by atoms with E-state index in [1.54, 1.807) is 56.5 Å². The Bertz CT molecular complexity index is 1110. The second-order valence-electron chi connectivity index (χ2n) is 8.65. The topological polar surface area (TPSA) is 108 Å². The summed E-state index contributed by atoms with van der Waals surface area (Å²) >= 11 is 0. The third-order valence-corrected chi connectivity index (χ3v) is 6.30. The van der Waals surface area contributed by atoms with Gasteiger partial charge in [0.05, 0.1) is 7.11 Å². The average Bonchev–Trinajstić information content (AvgIpc) is 3.46. The number of rotatable bonds is 7. The summed E-state index contributed by atoms with van der Waals surface area (Å²) in [6.07, 6.45) is 2.03. The molecule has 2 fully saturated rings. The van der Waals surface area contributed by atoms with E-state index in [4.69, 9.17) is 4.74 Å². The SMILES string of the molecule is COc1ccc(C2(C)NC(=O)N(CC(=O)NCc3cccc(C(=O)N4CCCC4)c3)C2=O)cc1. The van der Waals surface area contributed by atoms with Crippen LogP contribution in [-0.4, -0.2) is 60.3 Å². The fraction of sp³-hybridized carbons (Fsp3) is 0.360. The van der Waals surface area contributed by atoms with Crippen LogP contribution in [0.4, 0.5) is 4.79 Å².